The van der Waals surface area contributed by atoms with Crippen molar-refractivity contribution in [3.05, 3.63) is 79.3 Å². The van der Waals surface area contributed by atoms with Gasteiger partial charge in [-0.15, -0.1) is 11.3 Å². The van der Waals surface area contributed by atoms with Crippen LogP contribution in [0, 0.1) is 34.0 Å². The molecule has 1 aliphatic rings. The molecule has 2 aromatic rings. The third kappa shape index (κ3) is 8.28. The van der Waals surface area contributed by atoms with Gasteiger partial charge in [0.15, 0.2) is 11.3 Å². The first-order chi connectivity index (χ1) is 21.3. The molecular weight excluding hydrogens is 568 g/mol. The van der Waals surface area contributed by atoms with E-state index >= 15 is 0 Å². The predicted molar refractivity (Wildman–Crippen MR) is 178 cm³/mol. The number of anilines is 1. The maximum absolute atomic E-state index is 9.97. The lowest BCUT2D eigenvalue weighted by Gasteiger charge is -2.22. The van der Waals surface area contributed by atoms with Gasteiger partial charge in [-0.2, -0.15) is 15.8 Å². The summed E-state index contributed by atoms with van der Waals surface area (Å²) in [6.45, 7) is 9.06. The lowest BCUT2D eigenvalue weighted by Crippen LogP contribution is -2.29. The molecule has 0 saturated carbocycles. The Morgan fingerprint density at radius 2 is 1.41 bits per heavy atom. The summed E-state index contributed by atoms with van der Waals surface area (Å²) in [5.41, 5.74) is 4.53. The molecule has 0 bridgehead atoms. The van der Waals surface area contributed by atoms with Gasteiger partial charge in [0, 0.05) is 34.1 Å². The molecule has 2 heterocycles. The lowest BCUT2D eigenvalue weighted by atomic mass is 9.93. The van der Waals surface area contributed by atoms with E-state index in [2.05, 4.69) is 38.1 Å². The van der Waals surface area contributed by atoms with E-state index in [0.717, 1.165) is 54.7 Å². The van der Waals surface area contributed by atoms with Crippen LogP contribution in [0.25, 0.3) is 18.2 Å². The van der Waals surface area contributed by atoms with Gasteiger partial charge < -0.3 is 19.8 Å². The first-order valence-corrected chi connectivity index (χ1v) is 16.1. The lowest BCUT2D eigenvalue weighted by molar-refractivity contribution is 0.0954. The zero-order chi connectivity index (χ0) is 32.1. The summed E-state index contributed by atoms with van der Waals surface area (Å²) < 4.78 is 5.96. The van der Waals surface area contributed by atoms with Gasteiger partial charge in [0.25, 0.3) is 0 Å². The summed E-state index contributed by atoms with van der Waals surface area (Å²) in [7, 11) is 0. The molecule has 230 valence electrons. The van der Waals surface area contributed by atoms with Crippen LogP contribution in [0.4, 0.5) is 5.69 Å². The van der Waals surface area contributed by atoms with Gasteiger partial charge >= 0.3 is 0 Å². The van der Waals surface area contributed by atoms with Crippen LogP contribution in [0.2, 0.25) is 0 Å². The molecule has 0 aliphatic carbocycles. The number of unbranched alkanes of at least 4 members (excludes halogenated alkanes) is 2. The van der Waals surface area contributed by atoms with Crippen molar-refractivity contribution in [3.63, 3.8) is 0 Å². The van der Waals surface area contributed by atoms with Gasteiger partial charge in [0.1, 0.15) is 29.4 Å². The van der Waals surface area contributed by atoms with E-state index in [4.69, 9.17) is 4.74 Å². The van der Waals surface area contributed by atoms with E-state index in [-0.39, 0.29) is 30.1 Å². The van der Waals surface area contributed by atoms with Gasteiger partial charge in [-0.05, 0) is 80.5 Å². The van der Waals surface area contributed by atoms with Crippen molar-refractivity contribution >= 4 is 35.3 Å². The van der Waals surface area contributed by atoms with Crippen LogP contribution in [0.5, 0.6) is 0 Å². The quantitative estimate of drug-likeness (QED) is 0.202. The largest absolute Gasteiger partial charge is 0.480 e. The molecule has 0 fully saturated rings. The van der Waals surface area contributed by atoms with Gasteiger partial charge in [-0.1, -0.05) is 51.0 Å². The minimum atomic E-state index is -0.861. The highest BCUT2D eigenvalue weighted by molar-refractivity contribution is 7.14. The molecule has 0 saturated heterocycles. The molecule has 7 nitrogen and oxygen atoms in total. The van der Waals surface area contributed by atoms with Crippen molar-refractivity contribution in [2.24, 2.45) is 0 Å². The number of nitrogens with zero attached hydrogens (tertiary/aromatic N) is 4. The van der Waals surface area contributed by atoms with Crippen molar-refractivity contribution in [1.29, 1.82) is 15.8 Å². The summed E-state index contributed by atoms with van der Waals surface area (Å²) in [6, 6.07) is 14.0. The van der Waals surface area contributed by atoms with Crippen LogP contribution in [0.3, 0.4) is 0 Å². The summed E-state index contributed by atoms with van der Waals surface area (Å²) in [6.07, 6.45) is 14.6. The average Bonchev–Trinajstić information content (AvgIpc) is 3.48. The molecule has 0 radical (unpaired) electrons. The molecule has 0 unspecified atom stereocenters. The molecule has 8 heteroatoms. The third-order valence-corrected chi connectivity index (χ3v) is 8.84. The Hall–Kier alpha value is -4.13. The van der Waals surface area contributed by atoms with Crippen LogP contribution < -0.4 is 4.90 Å². The fraction of sp³-hybridized carbons (Fsp3) is 0.417. The first-order valence-electron chi connectivity index (χ1n) is 15.2. The molecule has 0 spiro atoms. The van der Waals surface area contributed by atoms with Crippen molar-refractivity contribution < 1.29 is 14.9 Å². The number of benzene rings is 1. The van der Waals surface area contributed by atoms with Crippen LogP contribution >= 0.6 is 11.3 Å². The van der Waals surface area contributed by atoms with Gasteiger partial charge in [0.2, 0.25) is 0 Å². The molecule has 1 aliphatic heterocycles. The van der Waals surface area contributed by atoms with Crippen molar-refractivity contribution in [2.75, 3.05) is 31.2 Å². The summed E-state index contributed by atoms with van der Waals surface area (Å²) >= 11 is 1.74. The van der Waals surface area contributed by atoms with Crippen molar-refractivity contribution in [2.45, 2.75) is 71.8 Å². The Labute approximate surface area is 265 Å². The van der Waals surface area contributed by atoms with Gasteiger partial charge in [-0.25, -0.2) is 0 Å². The van der Waals surface area contributed by atoms with E-state index < -0.39 is 5.60 Å². The highest BCUT2D eigenvalue weighted by Gasteiger charge is 2.38. The highest BCUT2D eigenvalue weighted by Crippen LogP contribution is 2.41. The molecule has 44 heavy (non-hydrogen) atoms. The summed E-state index contributed by atoms with van der Waals surface area (Å²) in [5, 5.41) is 47.5. The molecule has 2 N–H and O–H groups in total. The van der Waals surface area contributed by atoms with E-state index in [1.807, 2.05) is 61.2 Å². The maximum atomic E-state index is 9.97. The fourth-order valence-electron chi connectivity index (χ4n) is 5.28. The predicted octanol–water partition coefficient (Wildman–Crippen LogP) is 7.34. The van der Waals surface area contributed by atoms with E-state index in [1.165, 1.54) is 16.0 Å². The van der Waals surface area contributed by atoms with Crippen LogP contribution in [-0.2, 0) is 17.6 Å². The summed E-state index contributed by atoms with van der Waals surface area (Å²) in [4.78, 5) is 4.31. The second kappa shape index (κ2) is 16.6. The second-order valence-electron chi connectivity index (χ2n) is 11.1. The first kappa shape index (κ1) is 34.4. The topological polar surface area (TPSA) is 124 Å². The van der Waals surface area contributed by atoms with E-state index in [9.17, 15) is 26.0 Å². The van der Waals surface area contributed by atoms with Gasteiger partial charge in [0.05, 0.1) is 13.2 Å². The normalized spacial score (nSPS) is 14.1. The number of hydrogen-bond donors (Lipinski definition) is 2. The van der Waals surface area contributed by atoms with Crippen LogP contribution in [-0.4, -0.2) is 42.1 Å². The number of allylic oxidation sites excluding steroid dienone is 2. The maximum Gasteiger partial charge on any atom is 0.172 e. The molecule has 0 amide bonds. The zero-order valence-corrected chi connectivity index (χ0v) is 27.0. The Balaban J connectivity index is 2.06. The zero-order valence-electron chi connectivity index (χ0n) is 26.2. The Morgan fingerprint density at radius 1 is 0.864 bits per heavy atom. The van der Waals surface area contributed by atoms with E-state index in [0.29, 0.717) is 18.7 Å². The SMILES string of the molecule is CCCCc1c(/C=C/C2=C(C#N)C(=C(C#N)C#N)OC2(C)C)sc(/C=C/c2ccc(N(CCO)CCO)cc2)c1CCCC. The minimum absolute atomic E-state index is 0.0238. The number of rotatable bonds is 15. The second-order valence-corrected chi connectivity index (χ2v) is 12.2. The molecule has 3 rings (SSSR count). The number of aliphatic hydroxyl groups excluding tert-OH is 2. The fourth-order valence-corrected chi connectivity index (χ4v) is 6.49. The summed E-state index contributed by atoms with van der Waals surface area (Å²) in [5.74, 6) is 0.0497. The number of hydrogen-bond acceptors (Lipinski definition) is 8. The number of thiophene rings is 1. The molecule has 0 atom stereocenters. The van der Waals surface area contributed by atoms with Gasteiger partial charge in [-0.3, -0.25) is 0 Å². The van der Waals surface area contributed by atoms with E-state index in [1.54, 1.807) is 11.3 Å². The Bertz CT molecular complexity index is 1520. The Morgan fingerprint density at radius 3 is 1.89 bits per heavy atom. The minimum Gasteiger partial charge on any atom is -0.480 e. The Kier molecular flexibility index (Phi) is 13.0. The number of aliphatic hydroxyl groups is 2. The molecule has 1 aromatic carbocycles. The molecule has 1 aromatic heterocycles. The number of nitriles is 3. The molecular formula is C36H42N4O3S. The van der Waals surface area contributed by atoms with Crippen LogP contribution in [0.1, 0.15) is 79.8 Å². The average molecular weight is 611 g/mol. The smallest absolute Gasteiger partial charge is 0.172 e. The van der Waals surface area contributed by atoms with Crippen molar-refractivity contribution in [3.8, 4) is 18.2 Å². The van der Waals surface area contributed by atoms with Crippen LogP contribution in [0.15, 0.2) is 52.8 Å². The third-order valence-electron chi connectivity index (χ3n) is 7.63. The standard InChI is InChI=1S/C36H42N4O3S/c1-5-7-9-29-30(10-8-6-2)34(18-16-32-31(25-39)35(27(23-37)24-38)43-36(32,3)4)44-33(29)17-13-26-11-14-28(15-12-26)40(19-21-41)20-22-42/h11-18,41-42H,5-10,19-22H2,1-4H3/b17-13+,18-16+. The monoisotopic (exact) mass is 610 g/mol. The number of ether oxygens (including phenoxy) is 1. The van der Waals surface area contributed by atoms with Crippen molar-refractivity contribution in [1.82, 2.24) is 0 Å². The highest BCUT2D eigenvalue weighted by atomic mass is 32.1.